The van der Waals surface area contributed by atoms with E-state index in [1.807, 2.05) is 0 Å². The number of rotatable bonds is 6. The summed E-state index contributed by atoms with van der Waals surface area (Å²) in [5.41, 5.74) is 0. The predicted octanol–water partition coefficient (Wildman–Crippen LogP) is 0.956. The first-order valence-electron chi connectivity index (χ1n) is 5.33. The van der Waals surface area contributed by atoms with Crippen LogP contribution in [0.15, 0.2) is 0 Å². The van der Waals surface area contributed by atoms with Crippen molar-refractivity contribution in [2.24, 2.45) is 0 Å². The molecule has 2 N–H and O–H groups in total. The number of nitrogens with one attached hydrogen (secondary N) is 2. The fourth-order valence-electron chi connectivity index (χ4n) is 1.62. The van der Waals surface area contributed by atoms with Crippen LogP contribution in [0.2, 0.25) is 0 Å². The normalized spacial score (nSPS) is 19.5. The number of hydrogen-bond donors (Lipinski definition) is 2. The van der Waals surface area contributed by atoms with Crippen LogP contribution >= 0.6 is 12.2 Å². The van der Waals surface area contributed by atoms with Crippen LogP contribution in [0, 0.1) is 0 Å². The van der Waals surface area contributed by atoms with E-state index in [-0.39, 0.29) is 5.97 Å². The molecule has 4 nitrogen and oxygen atoms in total. The van der Waals surface area contributed by atoms with Crippen LogP contribution < -0.4 is 10.6 Å². The van der Waals surface area contributed by atoms with Gasteiger partial charge in [0.15, 0.2) is 5.11 Å². The monoisotopic (exact) mass is 230 g/mol. The molecule has 0 saturated carbocycles. The smallest absolute Gasteiger partial charge is 0.305 e. The van der Waals surface area contributed by atoms with Crippen molar-refractivity contribution < 1.29 is 9.53 Å². The van der Waals surface area contributed by atoms with Crippen LogP contribution in [-0.4, -0.2) is 30.8 Å². The van der Waals surface area contributed by atoms with E-state index >= 15 is 0 Å². The molecule has 1 aliphatic rings. The zero-order valence-corrected chi connectivity index (χ0v) is 9.86. The summed E-state index contributed by atoms with van der Waals surface area (Å²) in [4.78, 5) is 10.8. The largest absolute Gasteiger partial charge is 0.469 e. The predicted molar refractivity (Wildman–Crippen MR) is 62.6 cm³/mol. The van der Waals surface area contributed by atoms with Crippen LogP contribution in [-0.2, 0) is 9.53 Å². The van der Waals surface area contributed by atoms with E-state index in [2.05, 4.69) is 15.4 Å². The summed E-state index contributed by atoms with van der Waals surface area (Å²) in [6, 6.07) is 0.468. The molecule has 86 valence electrons. The molecule has 0 spiro atoms. The van der Waals surface area contributed by atoms with Crippen molar-refractivity contribution in [1.29, 1.82) is 0 Å². The minimum atomic E-state index is -0.114. The molecule has 0 aromatic rings. The van der Waals surface area contributed by atoms with Crippen molar-refractivity contribution in [1.82, 2.24) is 10.6 Å². The minimum absolute atomic E-state index is 0.114. The van der Waals surface area contributed by atoms with Crippen molar-refractivity contribution in [2.45, 2.75) is 38.1 Å². The van der Waals surface area contributed by atoms with Gasteiger partial charge in [-0.15, -0.1) is 0 Å². The molecule has 15 heavy (non-hydrogen) atoms. The van der Waals surface area contributed by atoms with Crippen LogP contribution in [0.3, 0.4) is 0 Å². The van der Waals surface area contributed by atoms with Gasteiger partial charge >= 0.3 is 5.97 Å². The number of esters is 1. The lowest BCUT2D eigenvalue weighted by Crippen LogP contribution is -2.26. The maximum Gasteiger partial charge on any atom is 0.305 e. The fourth-order valence-corrected chi connectivity index (χ4v) is 1.87. The lowest BCUT2D eigenvalue weighted by Gasteiger charge is -2.07. The van der Waals surface area contributed by atoms with Crippen LogP contribution in [0.4, 0.5) is 0 Å². The Morgan fingerprint density at radius 1 is 1.53 bits per heavy atom. The van der Waals surface area contributed by atoms with E-state index < -0.39 is 0 Å². The molecule has 0 radical (unpaired) electrons. The first-order chi connectivity index (χ1) is 7.22. The second-order valence-electron chi connectivity index (χ2n) is 3.73. The molecular weight excluding hydrogens is 212 g/mol. The molecule has 5 heteroatoms. The average molecular weight is 230 g/mol. The molecule has 0 aromatic carbocycles. The molecule has 0 unspecified atom stereocenters. The van der Waals surface area contributed by atoms with Gasteiger partial charge in [0.05, 0.1) is 7.11 Å². The zero-order valence-electron chi connectivity index (χ0n) is 9.04. The first kappa shape index (κ1) is 12.2. The molecule has 1 aliphatic heterocycles. The topological polar surface area (TPSA) is 50.4 Å². The first-order valence-corrected chi connectivity index (χ1v) is 5.74. The maximum atomic E-state index is 10.8. The highest BCUT2D eigenvalue weighted by atomic mass is 32.1. The second kappa shape index (κ2) is 6.61. The van der Waals surface area contributed by atoms with Crippen LogP contribution in [0.1, 0.15) is 32.1 Å². The van der Waals surface area contributed by atoms with Gasteiger partial charge in [0.25, 0.3) is 0 Å². The number of carbonyl (C=O) groups is 1. The summed E-state index contributed by atoms with van der Waals surface area (Å²) in [5, 5.41) is 7.04. The number of ether oxygens (including phenoxy) is 1. The lowest BCUT2D eigenvalue weighted by atomic mass is 10.1. The molecule has 1 heterocycles. The van der Waals surface area contributed by atoms with Gasteiger partial charge in [-0.3, -0.25) is 4.79 Å². The Kier molecular flexibility index (Phi) is 5.39. The van der Waals surface area contributed by atoms with Crippen LogP contribution in [0.5, 0.6) is 0 Å². The van der Waals surface area contributed by atoms with Crippen molar-refractivity contribution in [3.63, 3.8) is 0 Å². The van der Waals surface area contributed by atoms with Crippen molar-refractivity contribution in [3.8, 4) is 0 Å². The Balaban J connectivity index is 1.93. The summed E-state index contributed by atoms with van der Waals surface area (Å²) >= 11 is 4.96. The van der Waals surface area contributed by atoms with Gasteiger partial charge in [-0.05, 0) is 25.1 Å². The van der Waals surface area contributed by atoms with Crippen molar-refractivity contribution in [2.75, 3.05) is 13.7 Å². The van der Waals surface area contributed by atoms with Crippen molar-refractivity contribution in [3.05, 3.63) is 0 Å². The summed E-state index contributed by atoms with van der Waals surface area (Å²) in [6.45, 7) is 0.926. The summed E-state index contributed by atoms with van der Waals surface area (Å²) in [7, 11) is 1.43. The third-order valence-electron chi connectivity index (χ3n) is 2.51. The third kappa shape index (κ3) is 4.97. The highest BCUT2D eigenvalue weighted by Gasteiger charge is 2.15. The van der Waals surface area contributed by atoms with E-state index in [0.29, 0.717) is 12.5 Å². The van der Waals surface area contributed by atoms with E-state index in [4.69, 9.17) is 12.2 Å². The quantitative estimate of drug-likeness (QED) is 0.404. The molecule has 0 amide bonds. The Morgan fingerprint density at radius 2 is 2.33 bits per heavy atom. The standard InChI is InChI=1S/C10H18N2O2S/c1-14-9(13)6-4-2-3-5-8-7-11-10(15)12-8/h8H,2-7H2,1H3,(H2,11,12,15)/t8-/m1/s1. The van der Waals surface area contributed by atoms with Crippen molar-refractivity contribution >= 4 is 23.3 Å². The summed E-state index contributed by atoms with van der Waals surface area (Å²) in [6.07, 6.45) is 4.75. The highest BCUT2D eigenvalue weighted by Crippen LogP contribution is 2.07. The van der Waals surface area contributed by atoms with Gasteiger partial charge in [0.2, 0.25) is 0 Å². The number of unbranched alkanes of at least 4 members (excludes halogenated alkanes) is 2. The van der Waals surface area contributed by atoms with Gasteiger partial charge < -0.3 is 15.4 Å². The Hall–Kier alpha value is -0.840. The van der Waals surface area contributed by atoms with E-state index in [9.17, 15) is 4.79 Å². The molecule has 1 atom stereocenters. The third-order valence-corrected chi connectivity index (χ3v) is 2.77. The highest BCUT2D eigenvalue weighted by molar-refractivity contribution is 7.80. The Bertz CT molecular complexity index is 233. The molecule has 1 rings (SSSR count). The molecular formula is C10H18N2O2S. The van der Waals surface area contributed by atoms with Crippen LogP contribution in [0.25, 0.3) is 0 Å². The van der Waals surface area contributed by atoms with E-state index in [1.54, 1.807) is 0 Å². The SMILES string of the molecule is COC(=O)CCCCC[C@@H]1CNC(=S)N1. The van der Waals surface area contributed by atoms with Gasteiger partial charge in [-0.1, -0.05) is 12.8 Å². The Morgan fingerprint density at radius 3 is 2.93 bits per heavy atom. The van der Waals surface area contributed by atoms with E-state index in [1.165, 1.54) is 7.11 Å². The Labute approximate surface area is 95.8 Å². The summed E-state index contributed by atoms with van der Waals surface area (Å²) < 4.78 is 4.57. The molecule has 0 aliphatic carbocycles. The number of carbonyl (C=O) groups excluding carboxylic acids is 1. The molecule has 0 aromatic heterocycles. The number of hydrogen-bond acceptors (Lipinski definition) is 3. The maximum absolute atomic E-state index is 10.8. The van der Waals surface area contributed by atoms with E-state index in [0.717, 1.165) is 37.3 Å². The summed E-state index contributed by atoms with van der Waals surface area (Å²) in [5.74, 6) is -0.114. The molecule has 0 bridgehead atoms. The second-order valence-corrected chi connectivity index (χ2v) is 4.14. The fraction of sp³-hybridized carbons (Fsp3) is 0.800. The lowest BCUT2D eigenvalue weighted by molar-refractivity contribution is -0.140. The van der Waals surface area contributed by atoms with Gasteiger partial charge in [0.1, 0.15) is 0 Å². The minimum Gasteiger partial charge on any atom is -0.469 e. The molecule has 1 fully saturated rings. The number of thiocarbonyl (C=S) groups is 1. The number of methoxy groups -OCH3 is 1. The van der Waals surface area contributed by atoms with Gasteiger partial charge in [-0.2, -0.15) is 0 Å². The van der Waals surface area contributed by atoms with Gasteiger partial charge in [-0.25, -0.2) is 0 Å². The average Bonchev–Trinajstić information content (AvgIpc) is 2.63. The zero-order chi connectivity index (χ0) is 11.1. The molecule has 1 saturated heterocycles. The van der Waals surface area contributed by atoms with Gasteiger partial charge in [0, 0.05) is 19.0 Å².